The Hall–Kier alpha value is -2.41. The molecule has 1 aliphatic rings. The molecule has 0 unspecified atom stereocenters. The van der Waals surface area contributed by atoms with Crippen LogP contribution in [-0.4, -0.2) is 52.2 Å². The number of piperazine rings is 1. The van der Waals surface area contributed by atoms with E-state index >= 15 is 0 Å². The smallest absolute Gasteiger partial charge is 0.317 e. The molecular weight excluding hydrogens is 294 g/mol. The predicted octanol–water partition coefficient (Wildman–Crippen LogP) is 1.41. The van der Waals surface area contributed by atoms with E-state index in [1.165, 1.54) is 0 Å². The fourth-order valence-corrected chi connectivity index (χ4v) is 2.61. The number of nitrogens with zero attached hydrogens (tertiary/aromatic N) is 4. The van der Waals surface area contributed by atoms with Crippen molar-refractivity contribution in [1.29, 1.82) is 0 Å². The molecule has 0 bridgehead atoms. The van der Waals surface area contributed by atoms with Crippen molar-refractivity contribution in [2.45, 2.75) is 20.0 Å². The minimum Gasteiger partial charge on any atom is -0.361 e. The first-order chi connectivity index (χ1) is 11.2. The zero-order valence-corrected chi connectivity index (χ0v) is 13.2. The van der Waals surface area contributed by atoms with Crippen LogP contribution in [0.4, 0.5) is 4.79 Å². The van der Waals surface area contributed by atoms with E-state index in [4.69, 9.17) is 4.52 Å². The first kappa shape index (κ1) is 15.5. The Labute approximate surface area is 135 Å². The van der Waals surface area contributed by atoms with E-state index in [-0.39, 0.29) is 6.03 Å². The van der Waals surface area contributed by atoms with Gasteiger partial charge in [-0.3, -0.25) is 9.88 Å². The van der Waals surface area contributed by atoms with Crippen LogP contribution in [0.2, 0.25) is 0 Å². The molecule has 3 heterocycles. The largest absolute Gasteiger partial charge is 0.361 e. The summed E-state index contributed by atoms with van der Waals surface area (Å²) in [6.07, 6.45) is 1.73. The third-order valence-corrected chi connectivity index (χ3v) is 3.87. The maximum atomic E-state index is 12.2. The summed E-state index contributed by atoms with van der Waals surface area (Å²) in [4.78, 5) is 20.5. The van der Waals surface area contributed by atoms with Crippen molar-refractivity contribution in [3.8, 4) is 0 Å². The Balaban J connectivity index is 1.42. The number of hydrogen-bond acceptors (Lipinski definition) is 5. The molecule has 0 spiro atoms. The molecule has 0 atom stereocenters. The van der Waals surface area contributed by atoms with Crippen LogP contribution in [0.15, 0.2) is 35.0 Å². The molecule has 3 rings (SSSR count). The van der Waals surface area contributed by atoms with Gasteiger partial charge >= 0.3 is 6.03 Å². The molecule has 1 aliphatic heterocycles. The van der Waals surface area contributed by atoms with Crippen LogP contribution in [0, 0.1) is 6.92 Å². The molecule has 7 heteroatoms. The van der Waals surface area contributed by atoms with E-state index < -0.39 is 0 Å². The number of carbonyl (C=O) groups excluding carboxylic acids is 1. The third-order valence-electron chi connectivity index (χ3n) is 3.87. The van der Waals surface area contributed by atoms with Gasteiger partial charge in [-0.15, -0.1) is 0 Å². The molecule has 2 aromatic heterocycles. The lowest BCUT2D eigenvalue weighted by atomic mass is 10.3. The average Bonchev–Trinajstić information content (AvgIpc) is 2.99. The van der Waals surface area contributed by atoms with E-state index in [9.17, 15) is 4.79 Å². The highest BCUT2D eigenvalue weighted by molar-refractivity contribution is 5.74. The van der Waals surface area contributed by atoms with E-state index in [0.717, 1.165) is 36.8 Å². The summed E-state index contributed by atoms with van der Waals surface area (Å²) in [5.41, 5.74) is 1.80. The van der Waals surface area contributed by atoms with Gasteiger partial charge in [0.1, 0.15) is 5.76 Å². The Morgan fingerprint density at radius 2 is 2.09 bits per heavy atom. The second-order valence-electron chi connectivity index (χ2n) is 5.67. The molecule has 0 aromatic carbocycles. The molecule has 0 radical (unpaired) electrons. The van der Waals surface area contributed by atoms with Gasteiger partial charge in [0, 0.05) is 45.0 Å². The first-order valence-corrected chi connectivity index (χ1v) is 7.78. The summed E-state index contributed by atoms with van der Waals surface area (Å²) in [6, 6.07) is 7.59. The second kappa shape index (κ2) is 7.23. The van der Waals surface area contributed by atoms with Crippen LogP contribution in [0.1, 0.15) is 17.1 Å². The third kappa shape index (κ3) is 4.29. The van der Waals surface area contributed by atoms with Gasteiger partial charge in [-0.05, 0) is 19.1 Å². The van der Waals surface area contributed by atoms with Crippen LogP contribution in [0.5, 0.6) is 0 Å². The number of amides is 2. The Bertz CT molecular complexity index is 635. The maximum Gasteiger partial charge on any atom is 0.317 e. The highest BCUT2D eigenvalue weighted by atomic mass is 16.5. The summed E-state index contributed by atoms with van der Waals surface area (Å²) in [7, 11) is 0. The molecule has 1 N–H and O–H groups in total. The van der Waals surface area contributed by atoms with Gasteiger partial charge in [0.15, 0.2) is 0 Å². The fraction of sp³-hybridized carbons (Fsp3) is 0.438. The van der Waals surface area contributed by atoms with Crippen LogP contribution in [0.3, 0.4) is 0 Å². The van der Waals surface area contributed by atoms with Crippen LogP contribution in [0.25, 0.3) is 0 Å². The lowest BCUT2D eigenvalue weighted by molar-refractivity contribution is 0.133. The quantitative estimate of drug-likeness (QED) is 0.923. The monoisotopic (exact) mass is 315 g/mol. The number of carbonyl (C=O) groups is 1. The normalized spacial score (nSPS) is 15.6. The number of nitrogens with one attached hydrogen (secondary N) is 1. The van der Waals surface area contributed by atoms with Gasteiger partial charge in [0.25, 0.3) is 0 Å². The van der Waals surface area contributed by atoms with Crippen molar-refractivity contribution in [2.75, 3.05) is 26.2 Å². The molecule has 1 fully saturated rings. The number of aryl methyl sites for hydroxylation is 1. The highest BCUT2D eigenvalue weighted by Crippen LogP contribution is 2.09. The number of hydrogen-bond donors (Lipinski definition) is 1. The van der Waals surface area contributed by atoms with Crippen molar-refractivity contribution >= 4 is 6.03 Å². The molecule has 23 heavy (non-hydrogen) atoms. The average molecular weight is 315 g/mol. The Morgan fingerprint density at radius 1 is 1.26 bits per heavy atom. The van der Waals surface area contributed by atoms with Crippen molar-refractivity contribution in [3.05, 3.63) is 47.6 Å². The molecular formula is C16H21N5O2. The molecule has 0 aliphatic carbocycles. The number of pyridine rings is 1. The zero-order valence-electron chi connectivity index (χ0n) is 13.2. The summed E-state index contributed by atoms with van der Waals surface area (Å²) >= 11 is 0. The minimum absolute atomic E-state index is 0.0346. The van der Waals surface area contributed by atoms with Crippen molar-refractivity contribution in [2.24, 2.45) is 0 Å². The molecule has 122 valence electrons. The SMILES string of the molecule is Cc1cc(CN2CCN(C(=O)NCc3ccccn3)CC2)no1. The minimum atomic E-state index is -0.0346. The van der Waals surface area contributed by atoms with Crippen molar-refractivity contribution < 1.29 is 9.32 Å². The Kier molecular flexibility index (Phi) is 4.87. The van der Waals surface area contributed by atoms with Crippen LogP contribution < -0.4 is 5.32 Å². The summed E-state index contributed by atoms with van der Waals surface area (Å²) in [5.74, 6) is 0.826. The maximum absolute atomic E-state index is 12.2. The van der Waals surface area contributed by atoms with E-state index in [1.54, 1.807) is 6.20 Å². The van der Waals surface area contributed by atoms with Gasteiger partial charge < -0.3 is 14.7 Å². The van der Waals surface area contributed by atoms with Crippen LogP contribution >= 0.6 is 0 Å². The zero-order chi connectivity index (χ0) is 16.1. The van der Waals surface area contributed by atoms with Gasteiger partial charge in [-0.2, -0.15) is 0 Å². The number of aromatic nitrogens is 2. The summed E-state index contributed by atoms with van der Waals surface area (Å²) < 4.78 is 5.08. The van der Waals surface area contributed by atoms with E-state index in [1.807, 2.05) is 36.1 Å². The molecule has 1 saturated heterocycles. The molecule has 2 amide bonds. The van der Waals surface area contributed by atoms with E-state index in [2.05, 4.69) is 20.4 Å². The van der Waals surface area contributed by atoms with Crippen molar-refractivity contribution in [1.82, 2.24) is 25.3 Å². The number of rotatable bonds is 4. The topological polar surface area (TPSA) is 74.5 Å². The second-order valence-corrected chi connectivity index (χ2v) is 5.67. The standard InChI is InChI=1S/C16H21N5O2/c1-13-10-15(19-23-13)12-20-6-8-21(9-7-20)16(22)18-11-14-4-2-3-5-17-14/h2-5,10H,6-9,11-12H2,1H3,(H,18,22). The molecule has 0 saturated carbocycles. The fourth-order valence-electron chi connectivity index (χ4n) is 2.61. The van der Waals surface area contributed by atoms with E-state index in [0.29, 0.717) is 19.6 Å². The van der Waals surface area contributed by atoms with Crippen LogP contribution in [-0.2, 0) is 13.1 Å². The Morgan fingerprint density at radius 3 is 2.74 bits per heavy atom. The van der Waals surface area contributed by atoms with Gasteiger partial charge in [0.05, 0.1) is 17.9 Å². The first-order valence-electron chi connectivity index (χ1n) is 7.78. The highest BCUT2D eigenvalue weighted by Gasteiger charge is 2.21. The van der Waals surface area contributed by atoms with Crippen molar-refractivity contribution in [3.63, 3.8) is 0 Å². The summed E-state index contributed by atoms with van der Waals surface area (Å²) in [6.45, 7) is 6.21. The van der Waals surface area contributed by atoms with Gasteiger partial charge in [-0.25, -0.2) is 4.79 Å². The number of urea groups is 1. The predicted molar refractivity (Wildman–Crippen MR) is 84.6 cm³/mol. The lowest BCUT2D eigenvalue weighted by Gasteiger charge is -2.34. The van der Waals surface area contributed by atoms with Gasteiger partial charge in [-0.1, -0.05) is 11.2 Å². The lowest BCUT2D eigenvalue weighted by Crippen LogP contribution is -2.51. The van der Waals surface area contributed by atoms with Gasteiger partial charge in [0.2, 0.25) is 0 Å². The summed E-state index contributed by atoms with van der Waals surface area (Å²) in [5, 5.41) is 6.93. The molecule has 2 aromatic rings. The molecule has 7 nitrogen and oxygen atoms in total.